The molecule has 0 amide bonds. The summed E-state index contributed by atoms with van der Waals surface area (Å²) in [5.74, 6) is 1.29. The second kappa shape index (κ2) is 11.1. The predicted molar refractivity (Wildman–Crippen MR) is 140 cm³/mol. The molecule has 0 aliphatic rings. The van der Waals surface area contributed by atoms with Crippen molar-refractivity contribution in [3.8, 4) is 0 Å². The van der Waals surface area contributed by atoms with Gasteiger partial charge in [-0.2, -0.15) is 0 Å². The number of nitrogens with one attached hydrogen (secondary N) is 1. The Morgan fingerprint density at radius 3 is 2.73 bits per heavy atom. The maximum absolute atomic E-state index is 13.6. The van der Waals surface area contributed by atoms with Crippen LogP contribution >= 0.6 is 11.6 Å². The minimum Gasteiger partial charge on any atom is -0.468 e. The smallest absolute Gasteiger partial charge is 0.253 e. The summed E-state index contributed by atoms with van der Waals surface area (Å²) in [6, 6.07) is 18.7. The molecule has 0 bridgehead atoms. The number of H-pyrrole nitrogens is 1. The summed E-state index contributed by atoms with van der Waals surface area (Å²) in [6.07, 6.45) is 1.64. The van der Waals surface area contributed by atoms with E-state index in [1.807, 2.05) is 67.6 Å². The Balaban J connectivity index is 1.68. The van der Waals surface area contributed by atoms with Crippen molar-refractivity contribution in [3.05, 3.63) is 111 Å². The number of aromatic amines is 1. The van der Waals surface area contributed by atoms with Gasteiger partial charge in [0, 0.05) is 24.2 Å². The van der Waals surface area contributed by atoms with E-state index in [4.69, 9.17) is 20.8 Å². The van der Waals surface area contributed by atoms with Crippen LogP contribution in [-0.2, 0) is 24.4 Å². The van der Waals surface area contributed by atoms with Crippen molar-refractivity contribution in [2.24, 2.45) is 0 Å². The number of rotatable bonds is 10. The Bertz CT molecular complexity index is 1530. The van der Waals surface area contributed by atoms with E-state index in [-0.39, 0.29) is 5.56 Å². The van der Waals surface area contributed by atoms with Crippen LogP contribution in [0.1, 0.15) is 34.3 Å². The molecule has 0 saturated carbocycles. The van der Waals surface area contributed by atoms with Gasteiger partial charge in [-0.15, -0.1) is 5.10 Å². The molecule has 3 heterocycles. The van der Waals surface area contributed by atoms with Gasteiger partial charge in [0.1, 0.15) is 11.8 Å². The third-order valence-corrected chi connectivity index (χ3v) is 6.58. The van der Waals surface area contributed by atoms with Gasteiger partial charge in [-0.1, -0.05) is 41.9 Å². The maximum atomic E-state index is 13.6. The molecule has 5 rings (SSSR count). The fourth-order valence-corrected chi connectivity index (χ4v) is 4.64. The monoisotopic (exact) mass is 518 g/mol. The third-order valence-electron chi connectivity index (χ3n) is 6.33. The van der Waals surface area contributed by atoms with E-state index in [9.17, 15) is 4.79 Å². The molecule has 190 valence electrons. The van der Waals surface area contributed by atoms with Gasteiger partial charge >= 0.3 is 0 Å². The van der Waals surface area contributed by atoms with Crippen LogP contribution in [0.2, 0.25) is 5.02 Å². The fourth-order valence-electron chi connectivity index (χ4n) is 4.51. The second-order valence-corrected chi connectivity index (χ2v) is 9.30. The number of methoxy groups -OCH3 is 1. The van der Waals surface area contributed by atoms with Crippen molar-refractivity contribution in [2.45, 2.75) is 32.6 Å². The quantitative estimate of drug-likeness (QED) is 0.290. The number of aryl methyl sites for hydroxylation is 1. The number of hydrogen-bond acceptors (Lipinski definition) is 7. The Kier molecular flexibility index (Phi) is 7.45. The van der Waals surface area contributed by atoms with Crippen LogP contribution in [0.15, 0.2) is 76.1 Å². The van der Waals surface area contributed by atoms with Gasteiger partial charge in [-0.05, 0) is 64.2 Å². The molecular formula is C27H27ClN6O3. The molecule has 0 saturated heterocycles. The molecule has 0 aliphatic carbocycles. The summed E-state index contributed by atoms with van der Waals surface area (Å²) < 4.78 is 12.7. The van der Waals surface area contributed by atoms with Crippen LogP contribution in [0, 0.1) is 6.92 Å². The summed E-state index contributed by atoms with van der Waals surface area (Å²) in [5.41, 5.74) is 3.16. The van der Waals surface area contributed by atoms with Crippen molar-refractivity contribution in [1.82, 2.24) is 30.1 Å². The van der Waals surface area contributed by atoms with Crippen molar-refractivity contribution in [2.75, 3.05) is 13.7 Å². The molecular weight excluding hydrogens is 492 g/mol. The lowest BCUT2D eigenvalue weighted by molar-refractivity contribution is 0.163. The van der Waals surface area contributed by atoms with E-state index in [1.165, 1.54) is 0 Å². The van der Waals surface area contributed by atoms with E-state index in [0.29, 0.717) is 42.7 Å². The summed E-state index contributed by atoms with van der Waals surface area (Å²) in [7, 11) is 1.63. The molecule has 1 N–H and O–H groups in total. The third kappa shape index (κ3) is 5.48. The van der Waals surface area contributed by atoms with Crippen molar-refractivity contribution in [1.29, 1.82) is 0 Å². The first-order chi connectivity index (χ1) is 18.0. The number of fused-ring (bicyclic) bond motifs is 1. The first kappa shape index (κ1) is 24.9. The summed E-state index contributed by atoms with van der Waals surface area (Å²) in [5, 5.41) is 14.1. The van der Waals surface area contributed by atoms with Crippen LogP contribution in [-0.4, -0.2) is 43.8 Å². The van der Waals surface area contributed by atoms with E-state index >= 15 is 0 Å². The zero-order valence-corrected chi connectivity index (χ0v) is 21.4. The van der Waals surface area contributed by atoms with Crippen LogP contribution < -0.4 is 5.56 Å². The van der Waals surface area contributed by atoms with Crippen molar-refractivity contribution in [3.63, 3.8) is 0 Å². The van der Waals surface area contributed by atoms with Gasteiger partial charge in [0.05, 0.1) is 31.5 Å². The molecule has 2 aromatic carbocycles. The minimum absolute atomic E-state index is 0.200. The highest BCUT2D eigenvalue weighted by Gasteiger charge is 2.31. The van der Waals surface area contributed by atoms with Gasteiger partial charge in [0.25, 0.3) is 5.56 Å². The van der Waals surface area contributed by atoms with Crippen LogP contribution in [0.25, 0.3) is 10.9 Å². The fraction of sp³-hybridized carbons (Fsp3) is 0.259. The van der Waals surface area contributed by atoms with Crippen LogP contribution in [0.3, 0.4) is 0 Å². The van der Waals surface area contributed by atoms with Crippen LogP contribution in [0.5, 0.6) is 0 Å². The first-order valence-electron chi connectivity index (χ1n) is 11.9. The molecule has 10 heteroatoms. The lowest BCUT2D eigenvalue weighted by Gasteiger charge is -2.30. The normalized spacial score (nSPS) is 12.4. The molecule has 0 spiro atoms. The lowest BCUT2D eigenvalue weighted by Crippen LogP contribution is -2.35. The van der Waals surface area contributed by atoms with Gasteiger partial charge in [-0.25, -0.2) is 4.68 Å². The summed E-state index contributed by atoms with van der Waals surface area (Å²) in [6.45, 7) is 3.75. The molecule has 0 aliphatic heterocycles. The highest BCUT2D eigenvalue weighted by molar-refractivity contribution is 6.30. The molecule has 0 radical (unpaired) electrons. The molecule has 37 heavy (non-hydrogen) atoms. The van der Waals surface area contributed by atoms with E-state index < -0.39 is 6.04 Å². The lowest BCUT2D eigenvalue weighted by atomic mass is 10.0. The molecule has 5 aromatic rings. The summed E-state index contributed by atoms with van der Waals surface area (Å²) in [4.78, 5) is 18.8. The zero-order chi connectivity index (χ0) is 25.8. The Hall–Kier alpha value is -3.79. The van der Waals surface area contributed by atoms with E-state index in [2.05, 4.69) is 25.4 Å². The molecule has 9 nitrogen and oxygen atoms in total. The Morgan fingerprint density at radius 1 is 1.14 bits per heavy atom. The zero-order valence-electron chi connectivity index (χ0n) is 20.6. The average molecular weight is 519 g/mol. The molecule has 0 fully saturated rings. The topological polar surface area (TPSA) is 102 Å². The van der Waals surface area contributed by atoms with E-state index in [1.54, 1.807) is 18.1 Å². The molecule has 1 atom stereocenters. The predicted octanol–water partition coefficient (Wildman–Crippen LogP) is 4.51. The highest BCUT2D eigenvalue weighted by Crippen LogP contribution is 2.30. The van der Waals surface area contributed by atoms with Gasteiger partial charge < -0.3 is 14.1 Å². The van der Waals surface area contributed by atoms with Crippen molar-refractivity contribution >= 4 is 22.5 Å². The SMILES string of the molecule is COCCn1nnnc1[C@H](c1cc2cccc(C)c2[nH]c1=O)N(Cc1ccc(Cl)cc1)Cc1ccco1. The number of ether oxygens (including phenoxy) is 1. The van der Waals surface area contributed by atoms with Crippen molar-refractivity contribution < 1.29 is 9.15 Å². The number of aromatic nitrogens is 5. The number of nitrogens with zero attached hydrogens (tertiary/aromatic N) is 5. The highest BCUT2D eigenvalue weighted by atomic mass is 35.5. The number of halogens is 1. The largest absolute Gasteiger partial charge is 0.468 e. The second-order valence-electron chi connectivity index (χ2n) is 8.86. The molecule has 3 aromatic heterocycles. The minimum atomic E-state index is -0.582. The maximum Gasteiger partial charge on any atom is 0.253 e. The van der Waals surface area contributed by atoms with Gasteiger partial charge in [0.2, 0.25) is 0 Å². The number of benzene rings is 2. The standard InChI is InChI=1S/C27H27ClN6O3/c1-18-5-3-6-20-15-23(27(35)29-24(18)20)25(26-30-31-32-34(26)12-14-36-2)33(17-22-7-4-13-37-22)16-19-8-10-21(28)11-9-19/h3-11,13,15,25H,12,14,16-17H2,1-2H3,(H,29,35)/t25-/m0/s1. The number of hydrogen-bond donors (Lipinski definition) is 1. The number of furan rings is 1. The van der Waals surface area contributed by atoms with Gasteiger partial charge in [0.15, 0.2) is 5.82 Å². The number of pyridine rings is 1. The first-order valence-corrected chi connectivity index (χ1v) is 12.3. The summed E-state index contributed by atoms with van der Waals surface area (Å²) >= 11 is 6.15. The average Bonchev–Trinajstić information content (AvgIpc) is 3.58. The van der Waals surface area contributed by atoms with E-state index in [0.717, 1.165) is 27.8 Å². The Labute approximate surface area is 218 Å². The number of tetrazole rings is 1. The molecule has 0 unspecified atom stereocenters. The number of para-hydroxylation sites is 1. The van der Waals surface area contributed by atoms with Crippen LogP contribution in [0.4, 0.5) is 0 Å². The Morgan fingerprint density at radius 2 is 1.97 bits per heavy atom. The van der Waals surface area contributed by atoms with Gasteiger partial charge in [-0.3, -0.25) is 9.69 Å².